The molecule has 0 radical (unpaired) electrons. The Labute approximate surface area is 225 Å². The molecule has 0 saturated carbocycles. The quantitative estimate of drug-likeness (QED) is 0.273. The van der Waals surface area contributed by atoms with Gasteiger partial charge in [-0.3, -0.25) is 4.98 Å². The van der Waals surface area contributed by atoms with Crippen molar-refractivity contribution in [3.8, 4) is 17.2 Å². The molecule has 6 nitrogen and oxygen atoms in total. The molecule has 1 aliphatic heterocycles. The number of rotatable bonds is 6. The molecule has 2 aromatic carbocycles. The first-order valence-corrected chi connectivity index (χ1v) is 12.8. The Balaban J connectivity index is 1.69. The minimum atomic E-state index is -0.149. The summed E-state index contributed by atoms with van der Waals surface area (Å²) >= 11 is 9.47. The molecule has 184 valence electrons. The molecule has 2 atom stereocenters. The highest BCUT2D eigenvalue weighted by atomic mass is 79.9. The van der Waals surface area contributed by atoms with Crippen LogP contribution in [0.4, 0.5) is 5.69 Å². The van der Waals surface area contributed by atoms with Crippen LogP contribution in [0.15, 0.2) is 77.4 Å². The van der Waals surface area contributed by atoms with E-state index in [4.69, 9.17) is 21.7 Å². The Morgan fingerprint density at radius 2 is 1.75 bits per heavy atom. The van der Waals surface area contributed by atoms with Crippen LogP contribution in [0.5, 0.6) is 11.5 Å². The third-order valence-electron chi connectivity index (χ3n) is 6.62. The van der Waals surface area contributed by atoms with Gasteiger partial charge in [-0.25, -0.2) is 0 Å². The van der Waals surface area contributed by atoms with E-state index in [1.807, 2.05) is 42.6 Å². The van der Waals surface area contributed by atoms with Crippen molar-refractivity contribution in [3.05, 3.63) is 100 Å². The fraction of sp³-hybridized carbons (Fsp3) is 0.214. The maximum Gasteiger partial charge on any atom is 0.174 e. The van der Waals surface area contributed by atoms with Crippen molar-refractivity contribution in [3.63, 3.8) is 0 Å². The average Bonchev–Trinajstić information content (AvgIpc) is 3.39. The van der Waals surface area contributed by atoms with Crippen molar-refractivity contribution in [2.45, 2.75) is 25.9 Å². The Hall–Kier alpha value is -3.36. The van der Waals surface area contributed by atoms with Gasteiger partial charge in [0.25, 0.3) is 0 Å². The molecule has 1 N–H and O–H groups in total. The zero-order valence-corrected chi connectivity index (χ0v) is 22.9. The lowest BCUT2D eigenvalue weighted by molar-refractivity contribution is 0.394. The lowest BCUT2D eigenvalue weighted by Crippen LogP contribution is -2.30. The number of benzene rings is 2. The predicted octanol–water partition coefficient (Wildman–Crippen LogP) is 6.45. The van der Waals surface area contributed by atoms with Gasteiger partial charge in [0, 0.05) is 33.8 Å². The van der Waals surface area contributed by atoms with Crippen molar-refractivity contribution in [1.82, 2.24) is 14.9 Å². The molecule has 0 bridgehead atoms. The van der Waals surface area contributed by atoms with Crippen molar-refractivity contribution in [2.24, 2.45) is 0 Å². The number of halogens is 1. The number of pyridine rings is 1. The van der Waals surface area contributed by atoms with Crippen LogP contribution in [0.3, 0.4) is 0 Å². The zero-order chi connectivity index (χ0) is 25.4. The van der Waals surface area contributed by atoms with Crippen LogP contribution in [0.25, 0.3) is 5.69 Å². The summed E-state index contributed by atoms with van der Waals surface area (Å²) in [6.45, 7) is 4.29. The normalized spacial score (nSPS) is 17.2. The van der Waals surface area contributed by atoms with E-state index in [2.05, 4.69) is 79.9 Å². The van der Waals surface area contributed by atoms with Crippen LogP contribution in [0.1, 0.15) is 34.7 Å². The van der Waals surface area contributed by atoms with E-state index in [1.165, 1.54) is 0 Å². The Morgan fingerprint density at radius 3 is 2.42 bits per heavy atom. The summed E-state index contributed by atoms with van der Waals surface area (Å²) in [6, 6.07) is 22.1. The van der Waals surface area contributed by atoms with E-state index < -0.39 is 0 Å². The van der Waals surface area contributed by atoms with Gasteiger partial charge in [0.15, 0.2) is 5.11 Å². The number of ether oxygens (including phenoxy) is 2. The Kier molecular flexibility index (Phi) is 6.73. The Morgan fingerprint density at radius 1 is 0.972 bits per heavy atom. The maximum atomic E-state index is 5.92. The third kappa shape index (κ3) is 4.24. The molecule has 0 aliphatic carbocycles. The average molecular weight is 564 g/mol. The van der Waals surface area contributed by atoms with Crippen molar-refractivity contribution in [2.75, 3.05) is 19.1 Å². The number of anilines is 1. The van der Waals surface area contributed by atoms with Crippen LogP contribution < -0.4 is 19.7 Å². The number of aromatic nitrogens is 2. The predicted molar refractivity (Wildman–Crippen MR) is 150 cm³/mol. The molecule has 8 heteroatoms. The third-order valence-corrected chi connectivity index (χ3v) is 7.46. The molecule has 0 unspecified atom stereocenters. The van der Waals surface area contributed by atoms with Crippen molar-refractivity contribution in [1.29, 1.82) is 0 Å². The number of aryl methyl sites for hydroxylation is 1. The minimum absolute atomic E-state index is 0.148. The summed E-state index contributed by atoms with van der Waals surface area (Å²) < 4.78 is 14.5. The zero-order valence-electron chi connectivity index (χ0n) is 20.5. The fourth-order valence-corrected chi connectivity index (χ4v) is 5.59. The van der Waals surface area contributed by atoms with Gasteiger partial charge in [-0.1, -0.05) is 22.0 Å². The number of methoxy groups -OCH3 is 2. The standard InChI is InChI=1S/C28H27BrN4O2S/c1-17-15-22(18(2)32(17)20-10-8-19(29)9-11-20)27-26(23-7-5-6-14-30-23)31-28(36)33(27)24-13-12-21(34-3)16-25(24)35-4/h5-16,26-27H,1-4H3,(H,31,36)/t26-,27+/m1/s1. The van der Waals surface area contributed by atoms with E-state index in [0.29, 0.717) is 10.9 Å². The molecule has 2 aromatic heterocycles. The molecule has 4 aromatic rings. The lowest BCUT2D eigenvalue weighted by atomic mass is 9.96. The van der Waals surface area contributed by atoms with Gasteiger partial charge >= 0.3 is 0 Å². The molecule has 0 spiro atoms. The van der Waals surface area contributed by atoms with Crippen LogP contribution >= 0.6 is 28.1 Å². The highest BCUT2D eigenvalue weighted by Gasteiger charge is 2.43. The van der Waals surface area contributed by atoms with Gasteiger partial charge in [0.1, 0.15) is 11.5 Å². The summed E-state index contributed by atoms with van der Waals surface area (Å²) in [6.07, 6.45) is 1.82. The number of thiocarbonyl (C=S) groups is 1. The second-order valence-corrected chi connectivity index (χ2v) is 9.98. The minimum Gasteiger partial charge on any atom is -0.497 e. The summed E-state index contributed by atoms with van der Waals surface area (Å²) in [5.74, 6) is 1.41. The highest BCUT2D eigenvalue weighted by Crippen LogP contribution is 2.46. The number of nitrogens with one attached hydrogen (secondary N) is 1. The number of nitrogens with zero attached hydrogens (tertiary/aromatic N) is 3. The molecule has 5 rings (SSSR count). The molecule has 1 aliphatic rings. The van der Waals surface area contributed by atoms with Gasteiger partial charge in [-0.2, -0.15) is 0 Å². The van der Waals surface area contributed by atoms with Crippen LogP contribution in [-0.4, -0.2) is 28.9 Å². The second kappa shape index (κ2) is 9.95. The monoisotopic (exact) mass is 562 g/mol. The van der Waals surface area contributed by atoms with E-state index in [9.17, 15) is 0 Å². The summed E-state index contributed by atoms with van der Waals surface area (Å²) in [5, 5.41) is 4.16. The first-order valence-electron chi connectivity index (χ1n) is 11.6. The first-order chi connectivity index (χ1) is 17.4. The molecule has 1 saturated heterocycles. The Bertz CT molecular complexity index is 1410. The fourth-order valence-electron chi connectivity index (χ4n) is 4.99. The van der Waals surface area contributed by atoms with Gasteiger partial charge in [0.05, 0.1) is 37.7 Å². The molecule has 3 heterocycles. The molecule has 1 fully saturated rings. The van der Waals surface area contributed by atoms with Crippen molar-refractivity contribution >= 4 is 38.9 Å². The molecule has 0 amide bonds. The van der Waals surface area contributed by atoms with E-state index in [1.54, 1.807) is 14.2 Å². The van der Waals surface area contributed by atoms with Crippen LogP contribution in [0, 0.1) is 13.8 Å². The summed E-state index contributed by atoms with van der Waals surface area (Å²) in [5.41, 5.74) is 6.35. The van der Waals surface area contributed by atoms with Crippen LogP contribution in [0.2, 0.25) is 0 Å². The van der Waals surface area contributed by atoms with E-state index in [-0.39, 0.29) is 12.1 Å². The highest BCUT2D eigenvalue weighted by molar-refractivity contribution is 9.10. The van der Waals surface area contributed by atoms with Crippen LogP contribution in [-0.2, 0) is 0 Å². The van der Waals surface area contributed by atoms with Crippen molar-refractivity contribution < 1.29 is 9.47 Å². The topological polar surface area (TPSA) is 51.5 Å². The second-order valence-electron chi connectivity index (χ2n) is 8.67. The smallest absolute Gasteiger partial charge is 0.174 e. The molecular formula is C28H27BrN4O2S. The lowest BCUT2D eigenvalue weighted by Gasteiger charge is -2.29. The first kappa shape index (κ1) is 24.3. The van der Waals surface area contributed by atoms with Gasteiger partial charge in [-0.05, 0) is 86.2 Å². The number of hydrogen-bond acceptors (Lipinski definition) is 4. The van der Waals surface area contributed by atoms with E-state index in [0.717, 1.165) is 44.2 Å². The largest absolute Gasteiger partial charge is 0.497 e. The van der Waals surface area contributed by atoms with Gasteiger partial charge in [0.2, 0.25) is 0 Å². The van der Waals surface area contributed by atoms with Gasteiger partial charge in [-0.15, -0.1) is 0 Å². The van der Waals surface area contributed by atoms with Gasteiger partial charge < -0.3 is 24.3 Å². The molecular weight excluding hydrogens is 536 g/mol. The number of hydrogen-bond donors (Lipinski definition) is 1. The van der Waals surface area contributed by atoms with E-state index >= 15 is 0 Å². The summed E-state index contributed by atoms with van der Waals surface area (Å²) in [4.78, 5) is 6.82. The molecule has 36 heavy (non-hydrogen) atoms. The summed E-state index contributed by atoms with van der Waals surface area (Å²) in [7, 11) is 3.31. The maximum absolute atomic E-state index is 5.92. The SMILES string of the molecule is COc1ccc(N2C(=S)N[C@H](c3ccccn3)[C@@H]2c2cc(C)n(-c3ccc(Br)cc3)c2C)c(OC)c1.